The summed E-state index contributed by atoms with van der Waals surface area (Å²) in [4.78, 5) is 33.6. The van der Waals surface area contributed by atoms with Crippen LogP contribution >= 0.6 is 0 Å². The van der Waals surface area contributed by atoms with Crippen molar-refractivity contribution in [1.82, 2.24) is 0 Å². The first kappa shape index (κ1) is 55.7. The van der Waals surface area contributed by atoms with Crippen molar-refractivity contribution in [2.24, 2.45) is 0 Å². The molecule has 30 heteroatoms. The fourth-order valence-corrected chi connectivity index (χ4v) is 5.76. The first-order valence-corrected chi connectivity index (χ1v) is 16.7. The summed E-state index contributed by atoms with van der Waals surface area (Å²) in [5.74, 6) is -14.4. The third kappa shape index (κ3) is 10.3. The number of benzene rings is 4. The van der Waals surface area contributed by atoms with Gasteiger partial charge in [0.05, 0.1) is 16.1 Å². The van der Waals surface area contributed by atoms with Gasteiger partial charge in [-0.25, -0.2) is 26.3 Å². The minimum atomic E-state index is -6.40. The Kier molecular flexibility index (Phi) is 16.2. The second kappa shape index (κ2) is 19.2. The smallest absolute Gasteiger partial charge is 0.394 e. The predicted molar refractivity (Wildman–Crippen MR) is 186 cm³/mol. The van der Waals surface area contributed by atoms with Gasteiger partial charge in [-0.1, -0.05) is 24.3 Å². The number of anilines is 3. The van der Waals surface area contributed by atoms with Crippen LogP contribution in [0.5, 0.6) is 0 Å². The predicted octanol–water partition coefficient (Wildman–Crippen LogP) is 12.0. The Bertz CT molecular complexity index is 2460. The first-order valence-electron chi connectivity index (χ1n) is 16.7. The molecule has 0 saturated heterocycles. The number of hydrogen-bond acceptors (Lipinski definition) is 7. The molecule has 0 radical (unpaired) electrons. The number of aryl methyl sites for hydroxylation is 4. The maximum Gasteiger partial charge on any atom is 0.435 e. The highest BCUT2D eigenvalue weighted by Crippen LogP contribution is 2.55. The lowest BCUT2D eigenvalue weighted by Gasteiger charge is -2.31. The van der Waals surface area contributed by atoms with Gasteiger partial charge in [0.15, 0.2) is 23.3 Å². The van der Waals surface area contributed by atoms with Crippen LogP contribution in [0.1, 0.15) is 54.1 Å². The zero-order valence-corrected chi connectivity index (χ0v) is 32.6. The Morgan fingerprint density at radius 1 is 0.515 bits per heavy atom. The number of nitrogens with zero attached hydrogens (tertiary/aromatic N) is 1. The van der Waals surface area contributed by atoms with E-state index < -0.39 is 155 Å². The number of nitrogens with two attached hydrogens (primary N) is 1. The van der Waals surface area contributed by atoms with E-state index in [1.54, 1.807) is 0 Å². The van der Waals surface area contributed by atoms with Crippen molar-refractivity contribution in [1.29, 1.82) is 0 Å². The number of rotatable bonds is 7. The lowest BCUT2D eigenvalue weighted by atomic mass is 9.90. The van der Waals surface area contributed by atoms with Gasteiger partial charge in [0.25, 0.3) is 11.8 Å². The number of hydrogen-bond donors (Lipinski definition) is 5. The average Bonchev–Trinajstić information content (AvgIpc) is 3.17. The van der Waals surface area contributed by atoms with Crippen LogP contribution in [0.25, 0.3) is 0 Å². The van der Waals surface area contributed by atoms with Crippen LogP contribution in [-0.2, 0) is 11.3 Å². The minimum Gasteiger partial charge on any atom is -0.394 e. The summed E-state index contributed by atoms with van der Waals surface area (Å²) in [6, 6.07) is 0.807. The number of nitrogen functional groups attached to an aromatic ring is 1. The van der Waals surface area contributed by atoms with E-state index in [-0.39, 0.29) is 36.4 Å². The number of nitrogens with one attached hydrogen (secondary N) is 2. The van der Waals surface area contributed by atoms with E-state index in [4.69, 9.17) is 16.2 Å². The van der Waals surface area contributed by atoms with Crippen molar-refractivity contribution >= 4 is 34.6 Å². The normalized spacial score (nSPS) is 12.4. The summed E-state index contributed by atoms with van der Waals surface area (Å²) < 4.78 is 266. The topological polar surface area (TPSA) is 168 Å². The molecule has 4 aromatic rings. The summed E-state index contributed by atoms with van der Waals surface area (Å²) >= 11 is 0. The van der Waals surface area contributed by atoms with Gasteiger partial charge >= 0.3 is 41.7 Å². The number of amides is 2. The Hall–Kier alpha value is -6.46. The Balaban J connectivity index is 0.000000438. The molecule has 4 rings (SSSR count). The molecule has 4 aromatic carbocycles. The second-order valence-corrected chi connectivity index (χ2v) is 13.3. The molecule has 10 nitrogen and oxygen atoms in total. The summed E-state index contributed by atoms with van der Waals surface area (Å²) in [5.41, 5.74) is -18.8. The van der Waals surface area contributed by atoms with Crippen molar-refractivity contribution < 1.29 is 113 Å². The van der Waals surface area contributed by atoms with Gasteiger partial charge in [0, 0.05) is 22.5 Å². The highest BCUT2D eigenvalue weighted by molar-refractivity contribution is 6.06. The van der Waals surface area contributed by atoms with Gasteiger partial charge in [0.1, 0.15) is 5.69 Å². The Morgan fingerprint density at radius 2 is 0.788 bits per heavy atom. The van der Waals surface area contributed by atoms with Gasteiger partial charge in [-0.3, -0.25) is 30.2 Å². The van der Waals surface area contributed by atoms with E-state index >= 15 is 0 Å². The van der Waals surface area contributed by atoms with Crippen LogP contribution in [0.2, 0.25) is 0 Å². The van der Waals surface area contributed by atoms with E-state index in [0.717, 1.165) is 27.7 Å². The average molecular weight is 989 g/mol. The van der Waals surface area contributed by atoms with Gasteiger partial charge in [0.2, 0.25) is 11.6 Å². The molecular weight excluding hydrogens is 964 g/mol. The van der Waals surface area contributed by atoms with Crippen LogP contribution in [0.4, 0.5) is 111 Å². The van der Waals surface area contributed by atoms with Gasteiger partial charge in [-0.2, -0.15) is 61.5 Å². The summed E-state index contributed by atoms with van der Waals surface area (Å²) in [7, 11) is 0. The van der Waals surface area contributed by atoms with Crippen LogP contribution in [0.3, 0.4) is 0 Å². The number of carbonyl (C=O) groups excluding carboxylic acids is 2. The lowest BCUT2D eigenvalue weighted by molar-refractivity contribution is -0.390. The minimum absolute atomic E-state index is 0.0358. The van der Waals surface area contributed by atoms with Crippen LogP contribution in [0.15, 0.2) is 36.4 Å². The molecule has 364 valence electrons. The number of carbonyl (C=O) groups is 2. The zero-order chi connectivity index (χ0) is 51.8. The van der Waals surface area contributed by atoms with E-state index in [1.807, 2.05) is 10.6 Å². The molecule has 0 aliphatic carbocycles. The van der Waals surface area contributed by atoms with Crippen molar-refractivity contribution in [2.75, 3.05) is 16.4 Å². The lowest BCUT2D eigenvalue weighted by Crippen LogP contribution is -2.50. The highest BCUT2D eigenvalue weighted by Gasteiger charge is 2.74. The molecule has 0 unspecified atom stereocenters. The molecule has 0 aromatic heterocycles. The van der Waals surface area contributed by atoms with Gasteiger partial charge < -0.3 is 16.4 Å². The number of halogens is 20. The molecule has 0 heterocycles. The quantitative estimate of drug-likeness (QED) is 0.0307. The molecule has 6 N–H and O–H groups in total. The number of nitro groups is 1. The van der Waals surface area contributed by atoms with Gasteiger partial charge in [-0.15, -0.1) is 0 Å². The maximum absolute atomic E-state index is 14.3. The molecule has 66 heavy (non-hydrogen) atoms. The van der Waals surface area contributed by atoms with E-state index in [1.165, 1.54) is 0 Å². The molecule has 0 saturated carbocycles. The van der Waals surface area contributed by atoms with Crippen LogP contribution < -0.4 is 16.4 Å². The highest BCUT2D eigenvalue weighted by atomic mass is 19.4. The van der Waals surface area contributed by atoms with E-state index in [2.05, 4.69) is 0 Å². The van der Waals surface area contributed by atoms with Gasteiger partial charge in [-0.05, 0) is 62.1 Å². The largest absolute Gasteiger partial charge is 0.435 e. The Labute approximate surface area is 353 Å². The molecule has 2 amide bonds. The SMILES string of the molecule is Cc1cc(C(F)(C(F)(F)F)C(F)(F)F)cc(C)c1NC(=O)c1cc(F)c(F)c(N)c1F.Cc1cc(C(F)(C(F)(F)F)C(F)(F)F)cc(C)c1NC(=O)c1cc(F)c(F)c([N+](=O)[O-])c1F.OO. The first-order chi connectivity index (χ1) is 29.8. The molecule has 0 spiro atoms. The Morgan fingerprint density at radius 3 is 1.06 bits per heavy atom. The third-order valence-electron chi connectivity index (χ3n) is 8.90. The molecule has 0 aliphatic heterocycles. The summed E-state index contributed by atoms with van der Waals surface area (Å²) in [5, 5.41) is 26.5. The monoisotopic (exact) mass is 988 g/mol. The number of alkyl halides is 14. The second-order valence-electron chi connectivity index (χ2n) is 13.3. The third-order valence-corrected chi connectivity index (χ3v) is 8.90. The fraction of sp³-hybridized carbons (Fsp3) is 0.278. The van der Waals surface area contributed by atoms with Crippen molar-refractivity contribution in [3.05, 3.63) is 126 Å². The van der Waals surface area contributed by atoms with Crippen molar-refractivity contribution in [2.45, 2.75) is 63.7 Å². The maximum atomic E-state index is 14.3. The molecule has 0 fully saturated rings. The van der Waals surface area contributed by atoms with Crippen molar-refractivity contribution in [3.8, 4) is 0 Å². The molecule has 0 atom stereocenters. The standard InChI is InChI=1S/C18H10F10N2O3.C18H12F10N2O.H2O2/c1-6-3-8(16(22,17(23,24)25)18(26,27)28)4-7(2)13(6)29-15(31)9-5-10(19)12(21)14(11(9)20)30(32)33;1-6-3-8(16(22,17(23,24)25)18(26,27)28)4-7(2)14(6)30-15(31)9-5-10(19)12(21)13(29)11(9)20;1-2/h3-5H,1-2H3,(H,29,31);3-5H,29H2,1-2H3,(H,30,31);1-2H. The van der Waals surface area contributed by atoms with Crippen LogP contribution in [-0.4, -0.2) is 52.0 Å². The van der Waals surface area contributed by atoms with Crippen LogP contribution in [0, 0.1) is 72.7 Å². The van der Waals surface area contributed by atoms with Crippen molar-refractivity contribution in [3.63, 3.8) is 0 Å². The fourth-order valence-electron chi connectivity index (χ4n) is 5.76. The molecule has 0 bridgehead atoms. The summed E-state index contributed by atoms with van der Waals surface area (Å²) in [6.07, 6.45) is -25.5. The molecular formula is C36H24F20N4O6. The number of nitro benzene ring substituents is 1. The van der Waals surface area contributed by atoms with E-state index in [0.29, 0.717) is 0 Å². The van der Waals surface area contributed by atoms with E-state index in [9.17, 15) is 108 Å². The zero-order valence-electron chi connectivity index (χ0n) is 32.6. The summed E-state index contributed by atoms with van der Waals surface area (Å²) in [6.45, 7) is 3.66. The molecule has 0 aliphatic rings.